The minimum atomic E-state index is -0.774. The molecule has 6 nitrogen and oxygen atoms in total. The molecule has 0 aliphatic carbocycles. The van der Waals surface area contributed by atoms with Crippen molar-refractivity contribution in [1.29, 1.82) is 0 Å². The zero-order valence-electron chi connectivity index (χ0n) is 31.5. The van der Waals surface area contributed by atoms with Crippen LogP contribution in [0.4, 0.5) is 0 Å². The van der Waals surface area contributed by atoms with E-state index in [-0.39, 0.29) is 31.1 Å². The van der Waals surface area contributed by atoms with Gasteiger partial charge < -0.3 is 14.2 Å². The minimum Gasteiger partial charge on any atom is -0.462 e. The average Bonchev–Trinajstić information content (AvgIpc) is 3.08. The molecule has 0 saturated carbocycles. The molecule has 6 heteroatoms. The van der Waals surface area contributed by atoms with E-state index in [4.69, 9.17) is 14.2 Å². The first-order valence-electron chi connectivity index (χ1n) is 20.0. The number of ether oxygens (including phenoxy) is 3. The predicted molar refractivity (Wildman–Crippen MR) is 201 cm³/mol. The van der Waals surface area contributed by atoms with Crippen LogP contribution in [0.5, 0.6) is 0 Å². The van der Waals surface area contributed by atoms with E-state index in [1.165, 1.54) is 70.6 Å². The average molecular weight is 675 g/mol. The van der Waals surface area contributed by atoms with Crippen LogP contribution in [0.2, 0.25) is 0 Å². The molecule has 1 unspecified atom stereocenters. The molecule has 0 aromatic rings. The second-order valence-corrected chi connectivity index (χ2v) is 13.2. The lowest BCUT2D eigenvalue weighted by Crippen LogP contribution is -2.30. The number of hydrogen-bond acceptors (Lipinski definition) is 6. The van der Waals surface area contributed by atoms with Crippen molar-refractivity contribution in [2.45, 2.75) is 200 Å². The standard InChI is InChI=1S/C42H74O6/c1-4-7-10-13-16-19-20-21-22-24-26-29-32-35-41(44)47-38-39(37-46-40(43)34-31-28-25-18-15-12-9-6-3)48-42(45)36-33-30-27-23-17-14-11-8-5-2/h7,10,16,19,21-22,39H,4-6,8-9,11-15,17-18,20,23-38H2,1-3H3/b10-7-,19-16-,22-21-. The summed E-state index contributed by atoms with van der Waals surface area (Å²) < 4.78 is 16.5. The van der Waals surface area contributed by atoms with Gasteiger partial charge in [0.15, 0.2) is 6.10 Å². The van der Waals surface area contributed by atoms with Crippen LogP contribution in [0.15, 0.2) is 36.5 Å². The maximum absolute atomic E-state index is 12.6. The lowest BCUT2D eigenvalue weighted by atomic mass is 10.1. The van der Waals surface area contributed by atoms with Crippen LogP contribution in [0, 0.1) is 0 Å². The van der Waals surface area contributed by atoms with Gasteiger partial charge in [0.2, 0.25) is 0 Å². The van der Waals surface area contributed by atoms with E-state index < -0.39 is 6.10 Å². The van der Waals surface area contributed by atoms with Crippen LogP contribution in [0.1, 0.15) is 194 Å². The first-order valence-corrected chi connectivity index (χ1v) is 20.0. The molecular formula is C42H74O6. The van der Waals surface area contributed by atoms with Crippen LogP contribution in [0.3, 0.4) is 0 Å². The van der Waals surface area contributed by atoms with E-state index in [0.717, 1.165) is 83.5 Å². The highest BCUT2D eigenvalue weighted by molar-refractivity contribution is 5.71. The van der Waals surface area contributed by atoms with Crippen molar-refractivity contribution in [2.75, 3.05) is 13.2 Å². The molecule has 0 bridgehead atoms. The first kappa shape index (κ1) is 45.6. The van der Waals surface area contributed by atoms with Crippen molar-refractivity contribution in [1.82, 2.24) is 0 Å². The zero-order valence-corrected chi connectivity index (χ0v) is 31.5. The Kier molecular flexibility index (Phi) is 35.6. The summed E-state index contributed by atoms with van der Waals surface area (Å²) in [5.41, 5.74) is 0. The molecule has 0 rings (SSSR count). The normalized spacial score (nSPS) is 12.3. The molecule has 0 amide bonds. The quantitative estimate of drug-likeness (QED) is 0.0288. The van der Waals surface area contributed by atoms with Gasteiger partial charge in [-0.2, -0.15) is 0 Å². The van der Waals surface area contributed by atoms with Crippen LogP contribution in [-0.4, -0.2) is 37.2 Å². The summed E-state index contributed by atoms with van der Waals surface area (Å²) in [6.07, 6.45) is 39.9. The number of carbonyl (C=O) groups is 3. The van der Waals surface area contributed by atoms with Gasteiger partial charge in [0, 0.05) is 19.3 Å². The van der Waals surface area contributed by atoms with Gasteiger partial charge in [-0.05, 0) is 51.4 Å². The summed E-state index contributed by atoms with van der Waals surface area (Å²) in [7, 11) is 0. The Morgan fingerprint density at radius 2 is 0.812 bits per heavy atom. The Morgan fingerprint density at radius 3 is 1.27 bits per heavy atom. The van der Waals surface area contributed by atoms with Crippen molar-refractivity contribution in [3.05, 3.63) is 36.5 Å². The maximum Gasteiger partial charge on any atom is 0.306 e. The van der Waals surface area contributed by atoms with Crippen molar-refractivity contribution in [3.63, 3.8) is 0 Å². The Labute approximate surface area is 295 Å². The monoisotopic (exact) mass is 675 g/mol. The molecule has 48 heavy (non-hydrogen) atoms. The Balaban J connectivity index is 4.39. The Bertz CT molecular complexity index is 830. The molecule has 0 aromatic heterocycles. The van der Waals surface area contributed by atoms with Gasteiger partial charge in [0.25, 0.3) is 0 Å². The number of unbranched alkanes of at least 4 members (excludes halogenated alkanes) is 18. The molecule has 0 aliphatic rings. The highest BCUT2D eigenvalue weighted by Crippen LogP contribution is 2.13. The van der Waals surface area contributed by atoms with E-state index in [2.05, 4.69) is 57.2 Å². The number of esters is 3. The summed E-state index contributed by atoms with van der Waals surface area (Å²) in [5.74, 6) is -0.922. The van der Waals surface area contributed by atoms with Crippen molar-refractivity contribution in [3.8, 4) is 0 Å². The van der Waals surface area contributed by atoms with Gasteiger partial charge in [0.05, 0.1) is 0 Å². The van der Waals surface area contributed by atoms with Crippen molar-refractivity contribution < 1.29 is 28.6 Å². The molecule has 0 fully saturated rings. The maximum atomic E-state index is 12.6. The van der Waals surface area contributed by atoms with Crippen molar-refractivity contribution >= 4 is 17.9 Å². The molecule has 0 heterocycles. The smallest absolute Gasteiger partial charge is 0.306 e. The third kappa shape index (κ3) is 35.0. The summed E-state index contributed by atoms with van der Waals surface area (Å²) in [4.78, 5) is 37.4. The van der Waals surface area contributed by atoms with Gasteiger partial charge in [-0.15, -0.1) is 0 Å². The van der Waals surface area contributed by atoms with Crippen LogP contribution in [-0.2, 0) is 28.6 Å². The second-order valence-electron chi connectivity index (χ2n) is 13.2. The van der Waals surface area contributed by atoms with E-state index in [1.807, 2.05) is 0 Å². The van der Waals surface area contributed by atoms with E-state index in [0.29, 0.717) is 19.3 Å². The van der Waals surface area contributed by atoms with E-state index in [9.17, 15) is 14.4 Å². The van der Waals surface area contributed by atoms with Crippen LogP contribution in [0.25, 0.3) is 0 Å². The highest BCUT2D eigenvalue weighted by Gasteiger charge is 2.19. The van der Waals surface area contributed by atoms with Crippen molar-refractivity contribution in [2.24, 2.45) is 0 Å². The van der Waals surface area contributed by atoms with Gasteiger partial charge in [-0.1, -0.05) is 160 Å². The van der Waals surface area contributed by atoms with Gasteiger partial charge in [-0.25, -0.2) is 0 Å². The number of carbonyl (C=O) groups excluding carboxylic acids is 3. The summed E-state index contributed by atoms with van der Waals surface area (Å²) in [6.45, 7) is 6.42. The zero-order chi connectivity index (χ0) is 35.2. The lowest BCUT2D eigenvalue weighted by molar-refractivity contribution is -0.167. The van der Waals surface area contributed by atoms with Gasteiger partial charge >= 0.3 is 17.9 Å². The summed E-state index contributed by atoms with van der Waals surface area (Å²) in [6, 6.07) is 0. The molecule has 0 N–H and O–H groups in total. The molecule has 0 radical (unpaired) electrons. The van der Waals surface area contributed by atoms with Crippen LogP contribution < -0.4 is 0 Å². The predicted octanol–water partition coefficient (Wildman–Crippen LogP) is 12.2. The topological polar surface area (TPSA) is 78.9 Å². The molecule has 0 aliphatic heterocycles. The molecule has 0 spiro atoms. The third-order valence-corrected chi connectivity index (χ3v) is 8.41. The van der Waals surface area contributed by atoms with Gasteiger partial charge in [-0.3, -0.25) is 14.4 Å². The number of hydrogen-bond donors (Lipinski definition) is 0. The lowest BCUT2D eigenvalue weighted by Gasteiger charge is -2.18. The highest BCUT2D eigenvalue weighted by atomic mass is 16.6. The van der Waals surface area contributed by atoms with Gasteiger partial charge in [0.1, 0.15) is 13.2 Å². The Hall–Kier alpha value is -2.37. The fourth-order valence-corrected chi connectivity index (χ4v) is 5.40. The molecular weight excluding hydrogens is 600 g/mol. The molecule has 0 saturated heterocycles. The Morgan fingerprint density at radius 1 is 0.438 bits per heavy atom. The number of allylic oxidation sites excluding steroid dienone is 6. The first-order chi connectivity index (χ1) is 23.5. The summed E-state index contributed by atoms with van der Waals surface area (Å²) >= 11 is 0. The van der Waals surface area contributed by atoms with Crippen LogP contribution >= 0.6 is 0 Å². The second kappa shape index (κ2) is 37.4. The largest absolute Gasteiger partial charge is 0.462 e. The fraction of sp³-hybridized carbons (Fsp3) is 0.786. The number of rotatable bonds is 35. The third-order valence-electron chi connectivity index (χ3n) is 8.41. The fourth-order valence-electron chi connectivity index (χ4n) is 5.40. The summed E-state index contributed by atoms with van der Waals surface area (Å²) in [5, 5.41) is 0. The molecule has 278 valence electrons. The van der Waals surface area contributed by atoms with E-state index >= 15 is 0 Å². The minimum absolute atomic E-state index is 0.0798. The molecule has 1 atom stereocenters. The van der Waals surface area contributed by atoms with E-state index in [1.54, 1.807) is 0 Å². The molecule has 0 aromatic carbocycles. The SMILES string of the molecule is CC/C=C\C/C=C\C/C=C\CCCCCC(=O)OCC(COC(=O)CCCCCCCCCC)OC(=O)CCCCCCCCCCC.